The van der Waals surface area contributed by atoms with Crippen molar-refractivity contribution in [3.8, 4) is 5.75 Å². The first kappa shape index (κ1) is 17.4. The van der Waals surface area contributed by atoms with Crippen molar-refractivity contribution in [2.24, 2.45) is 5.92 Å². The van der Waals surface area contributed by atoms with Gasteiger partial charge in [-0.25, -0.2) is 0 Å². The highest BCUT2D eigenvalue weighted by atomic mass is 35.5. The zero-order chi connectivity index (χ0) is 17.8. The number of benzene rings is 1. The smallest absolute Gasteiger partial charge is 0.313 e. The summed E-state index contributed by atoms with van der Waals surface area (Å²) in [7, 11) is 0. The fourth-order valence-electron chi connectivity index (χ4n) is 2.57. The number of hydrogen-bond donors (Lipinski definition) is 1. The van der Waals surface area contributed by atoms with Gasteiger partial charge in [-0.1, -0.05) is 11.6 Å². The van der Waals surface area contributed by atoms with Crippen molar-refractivity contribution < 1.29 is 23.5 Å². The molecule has 0 bridgehead atoms. The zero-order valence-corrected chi connectivity index (χ0v) is 14.4. The molecule has 1 aliphatic heterocycles. The predicted octanol–water partition coefficient (Wildman–Crippen LogP) is 2.73. The van der Waals surface area contributed by atoms with Crippen LogP contribution in [0.3, 0.4) is 0 Å². The third-order valence-corrected chi connectivity index (χ3v) is 4.18. The topological polar surface area (TPSA) is 77.8 Å². The summed E-state index contributed by atoms with van der Waals surface area (Å²) in [5.41, 5.74) is 0.857. The molecule has 0 unspecified atom stereocenters. The standard InChI is InChI=1S/C18H18ClNO5/c1-11(17(21)20-9-15-3-2-6-23-15)25-18(22)13-7-12-8-14(19)4-5-16(12)24-10-13/h2-6,8,11,13H,7,9-10H2,1H3,(H,20,21)/t11-,13-/m0/s1. The van der Waals surface area contributed by atoms with Gasteiger partial charge in [-0.05, 0) is 49.2 Å². The molecule has 1 N–H and O–H groups in total. The van der Waals surface area contributed by atoms with Gasteiger partial charge in [-0.3, -0.25) is 9.59 Å². The van der Waals surface area contributed by atoms with Crippen LogP contribution in [0.4, 0.5) is 0 Å². The van der Waals surface area contributed by atoms with Crippen LogP contribution in [-0.2, 0) is 27.3 Å². The number of furan rings is 1. The third-order valence-electron chi connectivity index (χ3n) is 3.94. The van der Waals surface area contributed by atoms with E-state index in [0.29, 0.717) is 17.2 Å². The summed E-state index contributed by atoms with van der Waals surface area (Å²) in [6.07, 6.45) is 1.09. The molecule has 0 spiro atoms. The molecular formula is C18H18ClNO5. The molecule has 2 heterocycles. The Morgan fingerprint density at radius 3 is 3.00 bits per heavy atom. The summed E-state index contributed by atoms with van der Waals surface area (Å²) in [5, 5.41) is 3.24. The van der Waals surface area contributed by atoms with Crippen molar-refractivity contribution >= 4 is 23.5 Å². The molecule has 3 rings (SSSR count). The Balaban J connectivity index is 1.52. The van der Waals surface area contributed by atoms with Gasteiger partial charge < -0.3 is 19.2 Å². The summed E-state index contributed by atoms with van der Waals surface area (Å²) in [6.45, 7) is 1.99. The van der Waals surface area contributed by atoms with E-state index in [2.05, 4.69) is 5.32 Å². The fraction of sp³-hybridized carbons (Fsp3) is 0.333. The molecule has 6 nitrogen and oxygen atoms in total. The van der Waals surface area contributed by atoms with Crippen LogP contribution in [0.15, 0.2) is 41.0 Å². The van der Waals surface area contributed by atoms with Gasteiger partial charge >= 0.3 is 5.97 Å². The molecule has 1 amide bonds. The largest absolute Gasteiger partial charge is 0.492 e. The van der Waals surface area contributed by atoms with Crippen molar-refractivity contribution in [3.63, 3.8) is 0 Å². The van der Waals surface area contributed by atoms with Gasteiger partial charge in [-0.15, -0.1) is 0 Å². The summed E-state index contributed by atoms with van der Waals surface area (Å²) < 4.78 is 16.0. The van der Waals surface area contributed by atoms with E-state index in [1.165, 1.54) is 13.2 Å². The van der Waals surface area contributed by atoms with E-state index in [1.807, 2.05) is 0 Å². The number of esters is 1. The Labute approximate surface area is 150 Å². The lowest BCUT2D eigenvalue weighted by molar-refractivity contribution is -0.160. The first-order valence-electron chi connectivity index (χ1n) is 7.94. The Morgan fingerprint density at radius 2 is 2.24 bits per heavy atom. The number of rotatable bonds is 5. The Kier molecular flexibility index (Phi) is 5.28. The Hall–Kier alpha value is -2.47. The maximum absolute atomic E-state index is 12.3. The van der Waals surface area contributed by atoms with Crippen LogP contribution < -0.4 is 10.1 Å². The molecule has 0 fully saturated rings. The molecule has 1 aliphatic rings. The summed E-state index contributed by atoms with van der Waals surface area (Å²) in [6, 6.07) is 8.78. The van der Waals surface area contributed by atoms with Crippen molar-refractivity contribution in [3.05, 3.63) is 52.9 Å². The van der Waals surface area contributed by atoms with Crippen molar-refractivity contribution in [1.29, 1.82) is 0 Å². The van der Waals surface area contributed by atoms with Gasteiger partial charge in [0.2, 0.25) is 0 Å². The molecule has 0 radical (unpaired) electrons. The Morgan fingerprint density at radius 1 is 1.40 bits per heavy atom. The lowest BCUT2D eigenvalue weighted by atomic mass is 9.97. The molecule has 25 heavy (non-hydrogen) atoms. The first-order chi connectivity index (χ1) is 12.0. The van der Waals surface area contributed by atoms with Crippen LogP contribution in [-0.4, -0.2) is 24.6 Å². The van der Waals surface area contributed by atoms with Crippen LogP contribution in [0.2, 0.25) is 5.02 Å². The summed E-state index contributed by atoms with van der Waals surface area (Å²) in [5.74, 6) is 0.0289. The second-order valence-electron chi connectivity index (χ2n) is 5.84. The number of carbonyl (C=O) groups excluding carboxylic acids is 2. The quantitative estimate of drug-likeness (QED) is 0.826. The molecule has 2 atom stereocenters. The SMILES string of the molecule is C[C@H](OC(=O)[C@@H]1COc2ccc(Cl)cc2C1)C(=O)NCc1ccco1. The van der Waals surface area contributed by atoms with Gasteiger partial charge in [0, 0.05) is 5.02 Å². The minimum atomic E-state index is -0.900. The second kappa shape index (κ2) is 7.61. The predicted molar refractivity (Wildman–Crippen MR) is 90.2 cm³/mol. The average molecular weight is 364 g/mol. The minimum absolute atomic E-state index is 0.216. The van der Waals surface area contributed by atoms with Crippen LogP contribution in [0, 0.1) is 5.92 Å². The lowest BCUT2D eigenvalue weighted by Gasteiger charge is -2.25. The molecule has 7 heteroatoms. The molecule has 0 aliphatic carbocycles. The third kappa shape index (κ3) is 4.33. The number of nitrogens with one attached hydrogen (secondary N) is 1. The molecule has 1 aromatic carbocycles. The van der Waals surface area contributed by atoms with E-state index in [4.69, 9.17) is 25.5 Å². The number of fused-ring (bicyclic) bond motifs is 1. The summed E-state index contributed by atoms with van der Waals surface area (Å²) in [4.78, 5) is 24.3. The highest BCUT2D eigenvalue weighted by molar-refractivity contribution is 6.30. The maximum Gasteiger partial charge on any atom is 0.313 e. The number of ether oxygens (including phenoxy) is 2. The minimum Gasteiger partial charge on any atom is -0.492 e. The number of halogens is 1. The van der Waals surface area contributed by atoms with E-state index in [1.54, 1.807) is 30.3 Å². The average Bonchev–Trinajstić information content (AvgIpc) is 3.12. The van der Waals surface area contributed by atoms with Gasteiger partial charge in [-0.2, -0.15) is 0 Å². The molecule has 0 saturated heterocycles. The van der Waals surface area contributed by atoms with E-state index in [-0.39, 0.29) is 19.1 Å². The van der Waals surface area contributed by atoms with E-state index < -0.39 is 18.0 Å². The maximum atomic E-state index is 12.3. The second-order valence-corrected chi connectivity index (χ2v) is 6.28. The molecule has 0 saturated carbocycles. The lowest BCUT2D eigenvalue weighted by Crippen LogP contribution is -2.38. The van der Waals surface area contributed by atoms with Crippen molar-refractivity contribution in [2.75, 3.05) is 6.61 Å². The van der Waals surface area contributed by atoms with Crippen molar-refractivity contribution in [2.45, 2.75) is 26.0 Å². The number of hydrogen-bond acceptors (Lipinski definition) is 5. The van der Waals surface area contributed by atoms with Gasteiger partial charge in [0.1, 0.15) is 18.1 Å². The molecule has 132 valence electrons. The normalized spacial score (nSPS) is 17.1. The van der Waals surface area contributed by atoms with Gasteiger partial charge in [0.25, 0.3) is 5.91 Å². The monoisotopic (exact) mass is 363 g/mol. The van der Waals surface area contributed by atoms with Crippen LogP contribution in [0.25, 0.3) is 0 Å². The van der Waals surface area contributed by atoms with Crippen molar-refractivity contribution in [1.82, 2.24) is 5.32 Å². The molecular weight excluding hydrogens is 346 g/mol. The highest BCUT2D eigenvalue weighted by Crippen LogP contribution is 2.30. The van der Waals surface area contributed by atoms with E-state index >= 15 is 0 Å². The molecule has 1 aromatic heterocycles. The van der Waals surface area contributed by atoms with Crippen LogP contribution in [0.1, 0.15) is 18.2 Å². The van der Waals surface area contributed by atoms with Gasteiger partial charge in [0.15, 0.2) is 6.10 Å². The zero-order valence-electron chi connectivity index (χ0n) is 13.7. The van der Waals surface area contributed by atoms with E-state index in [0.717, 1.165) is 11.3 Å². The summed E-state index contributed by atoms with van der Waals surface area (Å²) >= 11 is 5.97. The number of carbonyl (C=O) groups is 2. The first-order valence-corrected chi connectivity index (χ1v) is 8.32. The Bertz CT molecular complexity index is 759. The fourth-order valence-corrected chi connectivity index (χ4v) is 2.76. The number of amides is 1. The van der Waals surface area contributed by atoms with Crippen LogP contribution in [0.5, 0.6) is 5.75 Å². The van der Waals surface area contributed by atoms with Gasteiger partial charge in [0.05, 0.1) is 18.7 Å². The highest BCUT2D eigenvalue weighted by Gasteiger charge is 2.30. The molecule has 2 aromatic rings. The van der Waals surface area contributed by atoms with E-state index in [9.17, 15) is 9.59 Å². The van der Waals surface area contributed by atoms with Crippen LogP contribution >= 0.6 is 11.6 Å².